The fourth-order valence-electron chi connectivity index (χ4n) is 4.23. The molecule has 3 rings (SSSR count). The highest BCUT2D eigenvalue weighted by molar-refractivity contribution is 9.10. The Labute approximate surface area is 139 Å². The third-order valence-corrected chi connectivity index (χ3v) is 5.74. The molecule has 22 heavy (non-hydrogen) atoms. The van der Waals surface area contributed by atoms with Crippen molar-refractivity contribution in [2.24, 2.45) is 11.8 Å². The Morgan fingerprint density at radius 3 is 2.23 bits per heavy atom. The third-order valence-electron chi connectivity index (χ3n) is 5.28. The van der Waals surface area contributed by atoms with Gasteiger partial charge in [0.2, 0.25) is 0 Å². The predicted octanol–water partition coefficient (Wildman–Crippen LogP) is 3.73. The van der Waals surface area contributed by atoms with Crippen LogP contribution in [0, 0.1) is 25.7 Å². The topological polar surface area (TPSA) is 43.4 Å². The van der Waals surface area contributed by atoms with Crippen LogP contribution in [0.4, 0.5) is 0 Å². The van der Waals surface area contributed by atoms with Crippen LogP contribution in [0.15, 0.2) is 16.6 Å². The molecule has 0 radical (unpaired) electrons. The minimum Gasteiger partial charge on any atom is -0.381 e. The van der Waals surface area contributed by atoms with Crippen LogP contribution in [0.1, 0.15) is 41.9 Å². The van der Waals surface area contributed by atoms with Crippen LogP contribution in [-0.4, -0.2) is 24.8 Å². The Hall–Kier alpha value is -1.00. The van der Waals surface area contributed by atoms with Crippen LogP contribution < -0.4 is 0 Å². The molecule has 0 aromatic heterocycles. The summed E-state index contributed by atoms with van der Waals surface area (Å²) in [5, 5.41) is 0. The van der Waals surface area contributed by atoms with Gasteiger partial charge in [0.25, 0.3) is 0 Å². The van der Waals surface area contributed by atoms with Crippen LogP contribution in [0.25, 0.3) is 0 Å². The van der Waals surface area contributed by atoms with Crippen LogP contribution in [0.5, 0.6) is 0 Å². The van der Waals surface area contributed by atoms with Crippen molar-refractivity contribution in [2.75, 3.05) is 7.11 Å². The van der Waals surface area contributed by atoms with Gasteiger partial charge in [-0.2, -0.15) is 0 Å². The molecule has 2 fully saturated rings. The minimum atomic E-state index is -0.571. The number of fused-ring (bicyclic) bond motifs is 1. The summed E-state index contributed by atoms with van der Waals surface area (Å²) in [5.74, 6) is -0.605. The fourth-order valence-corrected chi connectivity index (χ4v) is 4.92. The first-order valence-corrected chi connectivity index (χ1v) is 8.60. The third kappa shape index (κ3) is 2.46. The van der Waals surface area contributed by atoms with E-state index in [1.807, 2.05) is 26.0 Å². The summed E-state index contributed by atoms with van der Waals surface area (Å²) in [4.78, 5) is 25.8. The molecule has 2 aliphatic carbocycles. The molecule has 3 nitrogen and oxygen atoms in total. The fraction of sp³-hybridized carbons (Fsp3) is 0.556. The summed E-state index contributed by atoms with van der Waals surface area (Å²) in [6.07, 6.45) is 2.46. The molecule has 4 unspecified atom stereocenters. The molecule has 2 saturated carbocycles. The zero-order chi connectivity index (χ0) is 16.0. The van der Waals surface area contributed by atoms with E-state index in [0.29, 0.717) is 6.42 Å². The second-order valence-corrected chi connectivity index (χ2v) is 7.49. The Bertz CT molecular complexity index is 614. The van der Waals surface area contributed by atoms with Gasteiger partial charge in [0.05, 0.1) is 6.10 Å². The van der Waals surface area contributed by atoms with Crippen LogP contribution in [0.2, 0.25) is 0 Å². The van der Waals surface area contributed by atoms with Gasteiger partial charge in [-0.05, 0) is 61.9 Å². The summed E-state index contributed by atoms with van der Waals surface area (Å²) >= 11 is 3.48. The van der Waals surface area contributed by atoms with Crippen molar-refractivity contribution in [3.8, 4) is 0 Å². The summed E-state index contributed by atoms with van der Waals surface area (Å²) in [6.45, 7) is 3.96. The first kappa shape index (κ1) is 15.9. The van der Waals surface area contributed by atoms with Gasteiger partial charge in [0, 0.05) is 23.4 Å². The van der Waals surface area contributed by atoms with E-state index in [1.165, 1.54) is 0 Å². The zero-order valence-corrected chi connectivity index (χ0v) is 14.8. The maximum atomic E-state index is 12.9. The lowest BCUT2D eigenvalue weighted by atomic mass is 9.79. The van der Waals surface area contributed by atoms with Gasteiger partial charge in [-0.3, -0.25) is 9.59 Å². The molecule has 4 atom stereocenters. The Morgan fingerprint density at radius 1 is 1.05 bits per heavy atom. The number of carbonyl (C=O) groups is 2. The predicted molar refractivity (Wildman–Crippen MR) is 88.0 cm³/mol. The van der Waals surface area contributed by atoms with Gasteiger partial charge >= 0.3 is 0 Å². The van der Waals surface area contributed by atoms with E-state index in [0.717, 1.165) is 34.0 Å². The van der Waals surface area contributed by atoms with Crippen molar-refractivity contribution in [3.63, 3.8) is 0 Å². The van der Waals surface area contributed by atoms with Gasteiger partial charge in [0.15, 0.2) is 11.6 Å². The zero-order valence-electron chi connectivity index (χ0n) is 13.2. The molecule has 0 bridgehead atoms. The Balaban J connectivity index is 1.99. The molecule has 1 aromatic carbocycles. The molecule has 0 amide bonds. The van der Waals surface area contributed by atoms with Crippen molar-refractivity contribution >= 4 is 27.5 Å². The number of aryl methyl sites for hydroxylation is 2. The van der Waals surface area contributed by atoms with E-state index in [9.17, 15) is 9.59 Å². The Kier molecular flexibility index (Phi) is 4.25. The molecule has 4 heteroatoms. The molecule has 0 heterocycles. The largest absolute Gasteiger partial charge is 0.381 e. The van der Waals surface area contributed by atoms with Crippen molar-refractivity contribution < 1.29 is 14.3 Å². The maximum Gasteiger partial charge on any atom is 0.151 e. The molecule has 0 spiro atoms. The summed E-state index contributed by atoms with van der Waals surface area (Å²) in [7, 11) is 1.69. The second-order valence-electron chi connectivity index (χ2n) is 6.57. The summed E-state index contributed by atoms with van der Waals surface area (Å²) in [5.41, 5.74) is 2.95. The summed E-state index contributed by atoms with van der Waals surface area (Å²) < 4.78 is 6.40. The van der Waals surface area contributed by atoms with E-state index < -0.39 is 5.92 Å². The lowest BCUT2D eigenvalue weighted by Gasteiger charge is -2.28. The van der Waals surface area contributed by atoms with Crippen LogP contribution in [0.3, 0.4) is 0 Å². The maximum absolute atomic E-state index is 12.9. The number of hydrogen-bond donors (Lipinski definition) is 0. The Morgan fingerprint density at radius 2 is 1.64 bits per heavy atom. The lowest BCUT2D eigenvalue weighted by Crippen LogP contribution is -2.30. The number of hydrogen-bond acceptors (Lipinski definition) is 3. The molecular formula is C18H21BrO3. The number of carbonyl (C=O) groups excluding carboxylic acids is 2. The van der Waals surface area contributed by atoms with Gasteiger partial charge in [-0.1, -0.05) is 15.9 Å². The molecule has 0 aliphatic heterocycles. The number of rotatable bonds is 2. The molecule has 118 valence electrons. The first-order valence-electron chi connectivity index (χ1n) is 7.81. The van der Waals surface area contributed by atoms with Crippen LogP contribution >= 0.6 is 15.9 Å². The number of ketones is 2. The first-order chi connectivity index (χ1) is 10.4. The number of halogens is 1. The van der Waals surface area contributed by atoms with Crippen molar-refractivity contribution in [2.45, 2.75) is 45.1 Å². The monoisotopic (exact) mass is 364 g/mol. The van der Waals surface area contributed by atoms with Gasteiger partial charge < -0.3 is 4.74 Å². The second kappa shape index (κ2) is 5.89. The van der Waals surface area contributed by atoms with Crippen molar-refractivity contribution in [3.05, 3.63) is 33.3 Å². The van der Waals surface area contributed by atoms with Gasteiger partial charge in [0.1, 0.15) is 5.92 Å². The number of benzene rings is 1. The van der Waals surface area contributed by atoms with E-state index >= 15 is 0 Å². The molecular weight excluding hydrogens is 344 g/mol. The lowest BCUT2D eigenvalue weighted by molar-refractivity contribution is -0.125. The standard InChI is InChI=1S/C18H21BrO3/c1-9-6-11(19)7-10(2)15(9)16-17(20)13-5-4-12(22-3)8-14(13)18(16)21/h6-7,12-14,16H,4-5,8H2,1-3H3. The van der Waals surface area contributed by atoms with Crippen molar-refractivity contribution in [1.29, 1.82) is 0 Å². The van der Waals surface area contributed by atoms with Crippen molar-refractivity contribution in [1.82, 2.24) is 0 Å². The number of methoxy groups -OCH3 is 1. The normalized spacial score (nSPS) is 31.5. The molecule has 1 aromatic rings. The number of ether oxygens (including phenoxy) is 1. The van der Waals surface area contributed by atoms with Gasteiger partial charge in [-0.15, -0.1) is 0 Å². The quantitative estimate of drug-likeness (QED) is 0.750. The smallest absolute Gasteiger partial charge is 0.151 e. The average molecular weight is 365 g/mol. The molecule has 2 aliphatic rings. The highest BCUT2D eigenvalue weighted by Gasteiger charge is 2.52. The molecule has 0 saturated heterocycles. The van der Waals surface area contributed by atoms with E-state index in [2.05, 4.69) is 15.9 Å². The number of Topliss-reactive ketones (excluding diaryl/α,β-unsaturated/α-hetero) is 2. The average Bonchev–Trinajstić information content (AvgIpc) is 2.71. The van der Waals surface area contributed by atoms with Crippen LogP contribution in [-0.2, 0) is 14.3 Å². The minimum absolute atomic E-state index is 0.102. The highest BCUT2D eigenvalue weighted by Crippen LogP contribution is 2.46. The van der Waals surface area contributed by atoms with Gasteiger partial charge in [-0.25, -0.2) is 0 Å². The highest BCUT2D eigenvalue weighted by atomic mass is 79.9. The molecule has 0 N–H and O–H groups in total. The SMILES string of the molecule is COC1CCC2C(=O)C(c3c(C)cc(Br)cc3C)C(=O)C2C1. The van der Waals surface area contributed by atoms with E-state index in [4.69, 9.17) is 4.74 Å². The summed E-state index contributed by atoms with van der Waals surface area (Å²) in [6, 6.07) is 3.98. The van der Waals surface area contributed by atoms with E-state index in [1.54, 1.807) is 7.11 Å². The van der Waals surface area contributed by atoms with E-state index in [-0.39, 0.29) is 29.5 Å².